The first-order valence-corrected chi connectivity index (χ1v) is 18.8. The third-order valence-corrected chi connectivity index (χ3v) is 14.2. The molecule has 4 rings (SSSR count). The van der Waals surface area contributed by atoms with Gasteiger partial charge in [-0.2, -0.15) is 0 Å². The minimum atomic E-state index is -0.689. The van der Waals surface area contributed by atoms with Crippen molar-refractivity contribution in [1.29, 1.82) is 0 Å². The highest BCUT2D eigenvalue weighted by molar-refractivity contribution is 5.69. The van der Waals surface area contributed by atoms with E-state index < -0.39 is 5.60 Å². The smallest absolute Gasteiger partial charge is 0.307 e. The number of hydrogen-bond acceptors (Lipinski definition) is 9. The molecule has 4 fully saturated rings. The lowest BCUT2D eigenvalue weighted by Crippen LogP contribution is -2.67. The summed E-state index contributed by atoms with van der Waals surface area (Å²) in [5.41, 5.74) is -0.933. The number of unbranched alkanes of at least 4 members (excludes halogenated alkanes) is 1. The molecule has 0 aromatic carbocycles. The third-order valence-electron chi connectivity index (χ3n) is 14.2. The van der Waals surface area contributed by atoms with E-state index in [-0.39, 0.29) is 69.6 Å². The number of carbonyl (C=O) groups excluding carboxylic acids is 4. The van der Waals surface area contributed by atoms with Gasteiger partial charge in [0.15, 0.2) is 0 Å². The van der Waals surface area contributed by atoms with Crippen molar-refractivity contribution in [3.05, 3.63) is 0 Å². The molecule has 0 aromatic rings. The molecule has 4 aliphatic carbocycles. The molecule has 0 aliphatic heterocycles. The minimum Gasteiger partial charge on any atom is -0.466 e. The van der Waals surface area contributed by atoms with Crippen LogP contribution in [0.3, 0.4) is 0 Å². The Morgan fingerprint density at radius 1 is 0.792 bits per heavy atom. The SMILES string of the molecule is CCOC(=O)CCNCCCC[C@](C)(OC(C)=O)C1CC[C@]2(C)[C@@H]1C(OC(C)=O)CC1[C@@]3(C)CC[C@H](OC(C)=O)C(C)(C)C3CC[C@]12C. The lowest BCUT2D eigenvalue weighted by atomic mass is 9.35. The van der Waals surface area contributed by atoms with E-state index in [9.17, 15) is 19.2 Å². The van der Waals surface area contributed by atoms with Crippen molar-refractivity contribution in [1.82, 2.24) is 5.32 Å². The number of rotatable bonds is 13. The van der Waals surface area contributed by atoms with Gasteiger partial charge in [-0.25, -0.2) is 0 Å². The van der Waals surface area contributed by atoms with E-state index in [1.807, 2.05) is 6.92 Å². The maximum Gasteiger partial charge on any atom is 0.307 e. The van der Waals surface area contributed by atoms with Gasteiger partial charge >= 0.3 is 23.9 Å². The molecule has 0 saturated heterocycles. The van der Waals surface area contributed by atoms with Crippen molar-refractivity contribution in [3.63, 3.8) is 0 Å². The molecular formula is C39H65NO8. The van der Waals surface area contributed by atoms with Crippen LogP contribution in [0.4, 0.5) is 0 Å². The topological polar surface area (TPSA) is 117 Å². The third kappa shape index (κ3) is 7.18. The summed E-state index contributed by atoms with van der Waals surface area (Å²) in [4.78, 5) is 49.2. The van der Waals surface area contributed by atoms with Crippen molar-refractivity contribution in [2.24, 2.45) is 45.3 Å². The zero-order valence-electron chi connectivity index (χ0n) is 31.6. The molecule has 1 N–H and O–H groups in total. The second-order valence-corrected chi connectivity index (χ2v) is 17.2. The molecule has 4 aliphatic rings. The summed E-state index contributed by atoms with van der Waals surface area (Å²) in [7, 11) is 0. The average Bonchev–Trinajstić information content (AvgIpc) is 3.35. The molecule has 0 bridgehead atoms. The highest BCUT2D eigenvalue weighted by Crippen LogP contribution is 2.76. The Bertz CT molecular complexity index is 1200. The molecule has 4 unspecified atom stereocenters. The Morgan fingerprint density at radius 2 is 1.46 bits per heavy atom. The van der Waals surface area contributed by atoms with Gasteiger partial charge in [-0.15, -0.1) is 0 Å². The van der Waals surface area contributed by atoms with Crippen LogP contribution in [0, 0.1) is 45.3 Å². The molecule has 9 heteroatoms. The van der Waals surface area contributed by atoms with Gasteiger partial charge in [-0.05, 0) is 113 Å². The van der Waals surface area contributed by atoms with Gasteiger partial charge in [0.2, 0.25) is 0 Å². The van der Waals surface area contributed by atoms with Gasteiger partial charge in [0.25, 0.3) is 0 Å². The number of nitrogens with one attached hydrogen (secondary N) is 1. The first-order chi connectivity index (χ1) is 22.4. The average molecular weight is 676 g/mol. The zero-order valence-corrected chi connectivity index (χ0v) is 31.6. The van der Waals surface area contributed by atoms with Crippen molar-refractivity contribution in [2.75, 3.05) is 19.7 Å². The van der Waals surface area contributed by atoms with Crippen LogP contribution >= 0.6 is 0 Å². The van der Waals surface area contributed by atoms with Crippen molar-refractivity contribution >= 4 is 23.9 Å². The molecular weight excluding hydrogens is 610 g/mol. The Hall–Kier alpha value is -2.16. The first kappa shape index (κ1) is 38.6. The van der Waals surface area contributed by atoms with Gasteiger partial charge in [-0.1, -0.05) is 34.6 Å². The standard InChI is InChI=1S/C39H65NO8/c1-11-45-33(44)17-23-40-22-13-12-18-39(10,48-27(4)43)28-14-20-38(9)34(28)29(46-25(2)41)24-31-36(7)19-16-32(47-26(3)42)35(5,6)30(36)15-21-37(31,38)8/h28-32,34,40H,11-24H2,1-10H3/t28?,29?,30?,31?,32-,34-,36-,37+,38+,39-/m0/s1. The van der Waals surface area contributed by atoms with E-state index in [2.05, 4.69) is 46.9 Å². The van der Waals surface area contributed by atoms with Crippen molar-refractivity contribution in [2.45, 2.75) is 158 Å². The summed E-state index contributed by atoms with van der Waals surface area (Å²) in [6, 6.07) is 0. The summed E-state index contributed by atoms with van der Waals surface area (Å²) >= 11 is 0. The van der Waals surface area contributed by atoms with Gasteiger partial charge in [0.05, 0.1) is 13.0 Å². The van der Waals surface area contributed by atoms with Crippen molar-refractivity contribution in [3.8, 4) is 0 Å². The van der Waals surface area contributed by atoms with Crippen LogP contribution < -0.4 is 5.32 Å². The first-order valence-electron chi connectivity index (χ1n) is 18.8. The van der Waals surface area contributed by atoms with Crippen LogP contribution in [0.25, 0.3) is 0 Å². The van der Waals surface area contributed by atoms with Crippen LogP contribution in [0.2, 0.25) is 0 Å². The molecule has 48 heavy (non-hydrogen) atoms. The van der Waals surface area contributed by atoms with Crippen LogP contribution in [0.5, 0.6) is 0 Å². The Kier molecular flexibility index (Phi) is 11.7. The van der Waals surface area contributed by atoms with E-state index in [1.54, 1.807) is 0 Å². The van der Waals surface area contributed by atoms with Crippen LogP contribution in [-0.4, -0.2) is 61.4 Å². The molecule has 9 nitrogen and oxygen atoms in total. The fourth-order valence-electron chi connectivity index (χ4n) is 12.0. The van der Waals surface area contributed by atoms with E-state index >= 15 is 0 Å². The van der Waals surface area contributed by atoms with E-state index in [4.69, 9.17) is 18.9 Å². The van der Waals surface area contributed by atoms with Crippen LogP contribution in [-0.2, 0) is 38.1 Å². The number of carbonyl (C=O) groups is 4. The van der Waals surface area contributed by atoms with Gasteiger partial charge < -0.3 is 24.3 Å². The number of esters is 4. The second-order valence-electron chi connectivity index (χ2n) is 17.2. The highest BCUT2D eigenvalue weighted by Gasteiger charge is 2.72. The van der Waals surface area contributed by atoms with Gasteiger partial charge in [0, 0.05) is 44.6 Å². The second kappa shape index (κ2) is 14.6. The van der Waals surface area contributed by atoms with Crippen LogP contribution in [0.15, 0.2) is 0 Å². The van der Waals surface area contributed by atoms with E-state index in [0.29, 0.717) is 31.4 Å². The predicted molar refractivity (Wildman–Crippen MR) is 184 cm³/mol. The lowest BCUT2D eigenvalue weighted by Gasteiger charge is -2.70. The van der Waals surface area contributed by atoms with Gasteiger partial charge in [0.1, 0.15) is 17.8 Å². The van der Waals surface area contributed by atoms with E-state index in [0.717, 1.165) is 70.8 Å². The highest BCUT2D eigenvalue weighted by atomic mass is 16.6. The predicted octanol–water partition coefficient (Wildman–Crippen LogP) is 7.18. The monoisotopic (exact) mass is 675 g/mol. The Balaban J connectivity index is 1.59. The molecule has 0 radical (unpaired) electrons. The summed E-state index contributed by atoms with van der Waals surface area (Å²) in [5.74, 6) is -0.0765. The zero-order chi connectivity index (χ0) is 35.7. The number of fused-ring (bicyclic) bond motifs is 5. The largest absolute Gasteiger partial charge is 0.466 e. The molecule has 0 heterocycles. The number of hydrogen-bond donors (Lipinski definition) is 1. The molecule has 10 atom stereocenters. The van der Waals surface area contributed by atoms with E-state index in [1.165, 1.54) is 20.8 Å². The molecule has 274 valence electrons. The van der Waals surface area contributed by atoms with Crippen molar-refractivity contribution < 1.29 is 38.1 Å². The fraction of sp³-hybridized carbons (Fsp3) is 0.897. The lowest BCUT2D eigenvalue weighted by molar-refractivity contribution is -0.253. The quantitative estimate of drug-likeness (QED) is 0.123. The normalized spacial score (nSPS) is 38.0. The molecule has 0 aromatic heterocycles. The summed E-state index contributed by atoms with van der Waals surface area (Å²) in [5, 5.41) is 3.34. The Morgan fingerprint density at radius 3 is 2.08 bits per heavy atom. The summed E-state index contributed by atoms with van der Waals surface area (Å²) in [6.45, 7) is 22.2. The molecule has 4 saturated carbocycles. The molecule has 0 spiro atoms. The summed E-state index contributed by atoms with van der Waals surface area (Å²) in [6.07, 6.45) is 9.17. The fourth-order valence-corrected chi connectivity index (χ4v) is 12.0. The maximum absolute atomic E-state index is 12.8. The summed E-state index contributed by atoms with van der Waals surface area (Å²) < 4.78 is 23.6. The Labute approximate surface area is 289 Å². The number of ether oxygens (including phenoxy) is 4. The molecule has 0 amide bonds. The maximum atomic E-state index is 12.8. The van der Waals surface area contributed by atoms with Crippen LogP contribution in [0.1, 0.15) is 140 Å². The van der Waals surface area contributed by atoms with Gasteiger partial charge in [-0.3, -0.25) is 19.2 Å². The minimum absolute atomic E-state index is 0.0110.